The van der Waals surface area contributed by atoms with Gasteiger partial charge in [-0.1, -0.05) is 6.07 Å². The van der Waals surface area contributed by atoms with Gasteiger partial charge in [-0.25, -0.2) is 0 Å². The zero-order valence-corrected chi connectivity index (χ0v) is 9.16. The van der Waals surface area contributed by atoms with E-state index in [0.717, 1.165) is 5.39 Å². The molecule has 0 atom stereocenters. The van der Waals surface area contributed by atoms with Crippen molar-refractivity contribution in [1.82, 2.24) is 0 Å². The summed E-state index contributed by atoms with van der Waals surface area (Å²) in [5, 5.41) is 1.34. The van der Waals surface area contributed by atoms with E-state index in [1.807, 2.05) is 0 Å². The summed E-state index contributed by atoms with van der Waals surface area (Å²) < 4.78 is 30.9. The highest BCUT2D eigenvalue weighted by molar-refractivity contribution is 7.85. The summed E-state index contributed by atoms with van der Waals surface area (Å²) in [6.45, 7) is 0. The van der Waals surface area contributed by atoms with Gasteiger partial charge in [0.25, 0.3) is 10.1 Å². The molecule has 0 aromatic heterocycles. The number of fused-ring (bicyclic) bond motifs is 1. The summed E-state index contributed by atoms with van der Waals surface area (Å²) in [4.78, 5) is -0.157. The molecule has 0 saturated heterocycles. The van der Waals surface area contributed by atoms with Crippen LogP contribution in [-0.4, -0.2) is 13.0 Å². The molecule has 0 aliphatic rings. The van der Waals surface area contributed by atoms with E-state index in [-0.39, 0.29) is 4.90 Å². The lowest BCUT2D eigenvalue weighted by atomic mass is 10.1. The number of nitrogens with two attached hydrogens (primary N) is 1. The molecule has 0 aliphatic carbocycles. The van der Waals surface area contributed by atoms with Crippen LogP contribution in [0.15, 0.2) is 35.2 Å². The van der Waals surface area contributed by atoms with E-state index in [1.54, 1.807) is 18.2 Å². The Morgan fingerprint density at radius 2 is 1.81 bits per heavy atom. The lowest BCUT2D eigenvalue weighted by Gasteiger charge is -2.04. The average Bonchev–Trinajstić information content (AvgIpc) is 2.22. The van der Waals surface area contributed by atoms with Crippen molar-refractivity contribution in [3.63, 3.8) is 0 Å². The second kappa shape index (κ2) is 3.44. The van der Waals surface area contributed by atoms with Crippen molar-refractivity contribution < 1.29 is 18.7 Å². The van der Waals surface area contributed by atoms with Gasteiger partial charge in [0.05, 0.1) is 4.90 Å². The predicted octanol–water partition coefficient (Wildman–Crippen LogP) is 0.542. The number of quaternary nitrogens is 1. The minimum Gasteiger partial charge on any atom is -0.398 e. The molecular formula is C10H11N2O3S+. The minimum atomic E-state index is -4.19. The molecule has 0 fully saturated rings. The zero-order valence-electron chi connectivity index (χ0n) is 8.34. The molecule has 2 aromatic carbocycles. The van der Waals surface area contributed by atoms with Crippen molar-refractivity contribution in [2.45, 2.75) is 4.90 Å². The molecule has 0 bridgehead atoms. The summed E-state index contributed by atoms with van der Waals surface area (Å²) >= 11 is 0. The van der Waals surface area contributed by atoms with Gasteiger partial charge in [-0.3, -0.25) is 4.55 Å². The maximum absolute atomic E-state index is 11.0. The summed E-state index contributed by atoms with van der Waals surface area (Å²) in [7, 11) is -4.19. The highest BCUT2D eigenvalue weighted by Crippen LogP contribution is 2.27. The Bertz CT molecular complexity index is 665. The number of hydrogen-bond acceptors (Lipinski definition) is 3. The Kier molecular flexibility index (Phi) is 2.34. The number of benzene rings is 2. The number of nitrogen functional groups attached to an aromatic ring is 1. The predicted molar refractivity (Wildman–Crippen MR) is 60.7 cm³/mol. The lowest BCUT2D eigenvalue weighted by Crippen LogP contribution is -2.40. The lowest BCUT2D eigenvalue weighted by molar-refractivity contribution is -0.252. The third-order valence-electron chi connectivity index (χ3n) is 2.41. The fourth-order valence-corrected chi connectivity index (χ4v) is 2.08. The molecule has 2 rings (SSSR count). The summed E-state index contributed by atoms with van der Waals surface area (Å²) in [6.07, 6.45) is 0. The zero-order chi connectivity index (χ0) is 11.9. The molecule has 2 aromatic rings. The van der Waals surface area contributed by atoms with Crippen LogP contribution >= 0.6 is 0 Å². The molecule has 0 heterocycles. The van der Waals surface area contributed by atoms with Crippen molar-refractivity contribution in [2.24, 2.45) is 0 Å². The second-order valence-electron chi connectivity index (χ2n) is 3.50. The largest absolute Gasteiger partial charge is 0.398 e. The van der Waals surface area contributed by atoms with Gasteiger partial charge in [0.1, 0.15) is 5.69 Å². The molecule has 0 radical (unpaired) electrons. The van der Waals surface area contributed by atoms with Crippen LogP contribution in [0, 0.1) is 0 Å². The molecule has 0 aliphatic heterocycles. The van der Waals surface area contributed by atoms with Crippen LogP contribution in [0.5, 0.6) is 0 Å². The Hall–Kier alpha value is -1.63. The highest BCUT2D eigenvalue weighted by Gasteiger charge is 2.12. The summed E-state index contributed by atoms with van der Waals surface area (Å²) in [5.41, 5.74) is 10.7. The van der Waals surface area contributed by atoms with Crippen molar-refractivity contribution in [3.8, 4) is 0 Å². The van der Waals surface area contributed by atoms with Gasteiger partial charge in [0, 0.05) is 22.5 Å². The molecular weight excluding hydrogens is 228 g/mol. The van der Waals surface area contributed by atoms with Crippen LogP contribution in [0.25, 0.3) is 10.8 Å². The molecule has 0 spiro atoms. The second-order valence-corrected chi connectivity index (χ2v) is 4.92. The van der Waals surface area contributed by atoms with E-state index < -0.39 is 10.1 Å². The maximum atomic E-state index is 11.0. The van der Waals surface area contributed by atoms with Gasteiger partial charge < -0.3 is 11.5 Å². The van der Waals surface area contributed by atoms with Crippen LogP contribution in [0.1, 0.15) is 0 Å². The van der Waals surface area contributed by atoms with E-state index >= 15 is 0 Å². The van der Waals surface area contributed by atoms with Crippen LogP contribution in [0.4, 0.5) is 11.4 Å². The van der Waals surface area contributed by atoms with Crippen molar-refractivity contribution in [2.75, 3.05) is 5.73 Å². The fourth-order valence-electron chi connectivity index (χ4n) is 1.57. The quantitative estimate of drug-likeness (QED) is 0.498. The number of anilines is 1. The van der Waals surface area contributed by atoms with Gasteiger partial charge in [-0.05, 0) is 18.2 Å². The average molecular weight is 239 g/mol. The van der Waals surface area contributed by atoms with Crippen molar-refractivity contribution in [1.29, 1.82) is 0 Å². The van der Waals surface area contributed by atoms with Gasteiger partial charge in [0.15, 0.2) is 0 Å². The number of hydrogen-bond donors (Lipinski definition) is 3. The van der Waals surface area contributed by atoms with E-state index in [4.69, 9.17) is 10.3 Å². The van der Waals surface area contributed by atoms with Crippen LogP contribution in [0.3, 0.4) is 0 Å². The monoisotopic (exact) mass is 239 g/mol. The van der Waals surface area contributed by atoms with Crippen LogP contribution in [-0.2, 0) is 10.1 Å². The fraction of sp³-hybridized carbons (Fsp3) is 0. The first-order valence-corrected chi connectivity index (χ1v) is 5.95. The molecule has 0 unspecified atom stereocenters. The van der Waals surface area contributed by atoms with Gasteiger partial charge in [0.2, 0.25) is 0 Å². The smallest absolute Gasteiger partial charge is 0.294 e. The van der Waals surface area contributed by atoms with Crippen LogP contribution in [0.2, 0.25) is 0 Å². The Balaban J connectivity index is 2.86. The molecule has 5 nitrogen and oxygen atoms in total. The molecule has 6 N–H and O–H groups in total. The summed E-state index contributed by atoms with van der Waals surface area (Å²) in [5.74, 6) is 0. The normalized spacial score (nSPS) is 11.9. The van der Waals surface area contributed by atoms with Gasteiger partial charge in [-0.2, -0.15) is 8.42 Å². The van der Waals surface area contributed by atoms with E-state index in [9.17, 15) is 8.42 Å². The maximum Gasteiger partial charge on any atom is 0.294 e. The third kappa shape index (κ3) is 1.73. The molecule has 0 saturated carbocycles. The van der Waals surface area contributed by atoms with E-state index in [1.165, 1.54) is 12.1 Å². The molecule has 0 amide bonds. The highest BCUT2D eigenvalue weighted by atomic mass is 32.2. The molecule has 6 heteroatoms. The first-order chi connectivity index (χ1) is 7.39. The molecule has 16 heavy (non-hydrogen) atoms. The third-order valence-corrected chi connectivity index (χ3v) is 3.26. The van der Waals surface area contributed by atoms with E-state index in [2.05, 4.69) is 5.73 Å². The summed E-state index contributed by atoms with van der Waals surface area (Å²) in [6, 6.07) is 7.64. The SMILES string of the molecule is Nc1ccc([NH3+])c2cc(S(=O)(=O)O)ccc12. The van der Waals surface area contributed by atoms with Gasteiger partial charge >= 0.3 is 0 Å². The van der Waals surface area contributed by atoms with Crippen molar-refractivity contribution >= 4 is 32.3 Å². The Morgan fingerprint density at radius 3 is 2.44 bits per heavy atom. The van der Waals surface area contributed by atoms with Crippen LogP contribution < -0.4 is 11.5 Å². The number of rotatable bonds is 1. The van der Waals surface area contributed by atoms with Crippen molar-refractivity contribution in [3.05, 3.63) is 30.3 Å². The van der Waals surface area contributed by atoms with E-state index in [0.29, 0.717) is 16.8 Å². The first kappa shape index (κ1) is 10.9. The topological polar surface area (TPSA) is 108 Å². The Morgan fingerprint density at radius 1 is 1.12 bits per heavy atom. The Labute approximate surface area is 92.4 Å². The standard InChI is InChI=1S/C10H10N2O3S/c11-9-3-4-10(12)8-5-6(16(13,14)15)1-2-7(8)9/h1-5H,11-12H2,(H,13,14,15)/p+1. The molecule has 84 valence electrons. The first-order valence-electron chi connectivity index (χ1n) is 4.51. The minimum absolute atomic E-state index is 0.157. The van der Waals surface area contributed by atoms with Gasteiger partial charge in [-0.15, -0.1) is 0 Å².